The highest BCUT2D eigenvalue weighted by Crippen LogP contribution is 2.35. The highest BCUT2D eigenvalue weighted by molar-refractivity contribution is 6.36. The predicted octanol–water partition coefficient (Wildman–Crippen LogP) is 6.86. The van der Waals surface area contributed by atoms with E-state index in [9.17, 15) is 14.0 Å². The third-order valence-electron chi connectivity index (χ3n) is 5.98. The number of aromatic nitrogens is 2. The Kier molecular flexibility index (Phi) is 9.00. The lowest BCUT2D eigenvalue weighted by Gasteiger charge is -2.24. The summed E-state index contributed by atoms with van der Waals surface area (Å²) < 4.78 is 25.3. The minimum atomic E-state index is -0.618. The normalized spacial score (nSPS) is 15.9. The molecule has 40 heavy (non-hydrogen) atoms. The molecule has 2 atom stereocenters. The molecule has 0 saturated carbocycles. The molecule has 0 spiro atoms. The minimum Gasteiger partial charge on any atom is -0.486 e. The Morgan fingerprint density at radius 1 is 1.15 bits per heavy atom. The highest BCUT2D eigenvalue weighted by atomic mass is 35.5. The van der Waals surface area contributed by atoms with E-state index < -0.39 is 29.6 Å². The molecule has 2 heterocycles. The standard InChI is InChI=1S/C28H30Cl2FN5O4/c1-16(23-21(29)8-9-22(31)24(23)30)39-20-7-5-6-17(12-20)25-32-13-19(14-33-25)35-26(37)34-18-10-11-36(15-18)27(38)40-28(2,3)4/h5-9,12-14,16,18H,10-11,15H2,1-4H3,(H2,34,35,37). The largest absolute Gasteiger partial charge is 0.486 e. The molecule has 2 unspecified atom stereocenters. The maximum Gasteiger partial charge on any atom is 0.410 e. The van der Waals surface area contributed by atoms with Crippen LogP contribution >= 0.6 is 23.2 Å². The van der Waals surface area contributed by atoms with Crippen LogP contribution in [0.25, 0.3) is 11.4 Å². The number of likely N-dealkylation sites (tertiary alicyclic amines) is 1. The van der Waals surface area contributed by atoms with Crippen LogP contribution in [0.1, 0.15) is 45.8 Å². The molecule has 4 rings (SSSR count). The van der Waals surface area contributed by atoms with E-state index in [-0.39, 0.29) is 11.1 Å². The summed E-state index contributed by atoms with van der Waals surface area (Å²) in [7, 11) is 0. The fraction of sp³-hybridized carbons (Fsp3) is 0.357. The first-order chi connectivity index (χ1) is 18.9. The Balaban J connectivity index is 1.33. The number of halogens is 3. The SMILES string of the molecule is CC(Oc1cccc(-c2ncc(NC(=O)NC3CCN(C(=O)OC(C)(C)C)C3)cn2)c1)c1c(Cl)ccc(F)c1Cl. The van der Waals surface area contributed by atoms with Crippen molar-refractivity contribution < 1.29 is 23.5 Å². The highest BCUT2D eigenvalue weighted by Gasteiger charge is 2.30. The first-order valence-corrected chi connectivity index (χ1v) is 13.4. The van der Waals surface area contributed by atoms with E-state index >= 15 is 0 Å². The van der Waals surface area contributed by atoms with Gasteiger partial charge < -0.3 is 25.0 Å². The minimum absolute atomic E-state index is 0.0834. The molecule has 0 aliphatic carbocycles. The Bertz CT molecular complexity index is 1380. The van der Waals surface area contributed by atoms with Crippen LogP contribution in [0.2, 0.25) is 10.0 Å². The zero-order valence-electron chi connectivity index (χ0n) is 22.5. The van der Waals surface area contributed by atoms with E-state index in [2.05, 4.69) is 20.6 Å². The summed E-state index contributed by atoms with van der Waals surface area (Å²) in [5.41, 5.74) is 0.850. The number of carbonyl (C=O) groups excluding carboxylic acids is 2. The predicted molar refractivity (Wildman–Crippen MR) is 151 cm³/mol. The number of nitrogens with one attached hydrogen (secondary N) is 2. The van der Waals surface area contributed by atoms with Crippen LogP contribution in [0.3, 0.4) is 0 Å². The van der Waals surface area contributed by atoms with Crippen LogP contribution in [-0.2, 0) is 4.74 Å². The number of ether oxygens (including phenoxy) is 2. The number of hydrogen-bond donors (Lipinski definition) is 2. The van der Waals surface area contributed by atoms with Crippen LogP contribution < -0.4 is 15.4 Å². The molecule has 1 fully saturated rings. The van der Waals surface area contributed by atoms with Crippen LogP contribution in [0.15, 0.2) is 48.8 Å². The summed E-state index contributed by atoms with van der Waals surface area (Å²) >= 11 is 12.3. The fourth-order valence-corrected chi connectivity index (χ4v) is 4.83. The summed E-state index contributed by atoms with van der Waals surface area (Å²) in [5.74, 6) is 0.324. The maximum atomic E-state index is 13.9. The van der Waals surface area contributed by atoms with E-state index in [0.29, 0.717) is 52.9 Å². The van der Waals surface area contributed by atoms with Gasteiger partial charge in [0.15, 0.2) is 5.82 Å². The van der Waals surface area contributed by atoms with Crippen molar-refractivity contribution in [1.82, 2.24) is 20.2 Å². The van der Waals surface area contributed by atoms with Crippen molar-refractivity contribution >= 4 is 41.0 Å². The van der Waals surface area contributed by atoms with Crippen LogP contribution in [0.4, 0.5) is 19.7 Å². The summed E-state index contributed by atoms with van der Waals surface area (Å²) in [5, 5.41) is 5.79. The van der Waals surface area contributed by atoms with E-state index in [0.717, 1.165) is 0 Å². The lowest BCUT2D eigenvalue weighted by Crippen LogP contribution is -2.41. The fourth-order valence-electron chi connectivity index (χ4n) is 4.15. The average molecular weight is 590 g/mol. The van der Waals surface area contributed by atoms with Gasteiger partial charge in [0, 0.05) is 35.3 Å². The topological polar surface area (TPSA) is 106 Å². The number of urea groups is 1. The van der Waals surface area contributed by atoms with Gasteiger partial charge in [0.1, 0.15) is 23.3 Å². The molecule has 1 aromatic heterocycles. The summed E-state index contributed by atoms with van der Waals surface area (Å²) in [6.07, 6.45) is 2.59. The van der Waals surface area contributed by atoms with Crippen LogP contribution in [-0.4, -0.2) is 51.7 Å². The van der Waals surface area contributed by atoms with Crippen molar-refractivity contribution in [3.05, 3.63) is 70.2 Å². The van der Waals surface area contributed by atoms with Crippen molar-refractivity contribution in [3.63, 3.8) is 0 Å². The lowest BCUT2D eigenvalue weighted by atomic mass is 10.1. The molecule has 212 valence electrons. The third kappa shape index (κ3) is 7.51. The van der Waals surface area contributed by atoms with E-state index in [1.54, 1.807) is 30.0 Å². The molecule has 1 aliphatic heterocycles. The Morgan fingerprint density at radius 2 is 1.88 bits per heavy atom. The first kappa shape index (κ1) is 29.4. The molecule has 0 radical (unpaired) electrons. The Morgan fingerprint density at radius 3 is 2.58 bits per heavy atom. The molecule has 2 N–H and O–H groups in total. The van der Waals surface area contributed by atoms with Gasteiger partial charge in [-0.05, 0) is 58.4 Å². The van der Waals surface area contributed by atoms with Crippen LogP contribution in [0.5, 0.6) is 5.75 Å². The molecule has 3 aromatic rings. The number of rotatable bonds is 6. The van der Waals surface area contributed by atoms with Gasteiger partial charge in [-0.1, -0.05) is 35.3 Å². The number of anilines is 1. The number of carbonyl (C=O) groups is 2. The smallest absolute Gasteiger partial charge is 0.410 e. The van der Waals surface area contributed by atoms with E-state index in [1.165, 1.54) is 24.5 Å². The second-order valence-corrected chi connectivity index (χ2v) is 11.1. The maximum absolute atomic E-state index is 13.9. The van der Waals surface area contributed by atoms with Gasteiger partial charge in [-0.2, -0.15) is 0 Å². The van der Waals surface area contributed by atoms with Gasteiger partial charge in [0.25, 0.3) is 0 Å². The second-order valence-electron chi connectivity index (χ2n) is 10.4. The van der Waals surface area contributed by atoms with Crippen molar-refractivity contribution in [2.24, 2.45) is 0 Å². The number of hydrogen-bond acceptors (Lipinski definition) is 6. The molecular weight excluding hydrogens is 560 g/mol. The molecule has 2 aromatic carbocycles. The quantitative estimate of drug-likeness (QED) is 0.304. The lowest BCUT2D eigenvalue weighted by molar-refractivity contribution is 0.0291. The zero-order valence-corrected chi connectivity index (χ0v) is 24.0. The van der Waals surface area contributed by atoms with Crippen LogP contribution in [0, 0.1) is 5.82 Å². The number of nitrogens with zero attached hydrogens (tertiary/aromatic N) is 3. The van der Waals surface area contributed by atoms with E-state index in [1.807, 2.05) is 26.8 Å². The molecule has 9 nitrogen and oxygen atoms in total. The Hall–Kier alpha value is -3.63. The summed E-state index contributed by atoms with van der Waals surface area (Å²) in [6.45, 7) is 8.02. The van der Waals surface area contributed by atoms with Crippen molar-refractivity contribution in [3.8, 4) is 17.1 Å². The van der Waals surface area contributed by atoms with Gasteiger partial charge in [0.05, 0.1) is 23.1 Å². The molecule has 1 aliphatic rings. The second kappa shape index (κ2) is 12.3. The summed E-state index contributed by atoms with van der Waals surface area (Å²) in [4.78, 5) is 35.0. The molecule has 12 heteroatoms. The number of benzene rings is 2. The van der Waals surface area contributed by atoms with Gasteiger partial charge in [-0.25, -0.2) is 23.9 Å². The van der Waals surface area contributed by atoms with Crippen molar-refractivity contribution in [2.45, 2.75) is 51.9 Å². The zero-order chi connectivity index (χ0) is 29.0. The van der Waals surface area contributed by atoms with Gasteiger partial charge in [0.2, 0.25) is 0 Å². The van der Waals surface area contributed by atoms with Crippen molar-refractivity contribution in [2.75, 3.05) is 18.4 Å². The third-order valence-corrected chi connectivity index (χ3v) is 6.69. The summed E-state index contributed by atoms with van der Waals surface area (Å²) in [6, 6.07) is 9.09. The first-order valence-electron chi connectivity index (χ1n) is 12.7. The van der Waals surface area contributed by atoms with E-state index in [4.69, 9.17) is 32.7 Å². The Labute approximate surface area is 242 Å². The molecule has 1 saturated heterocycles. The monoisotopic (exact) mass is 589 g/mol. The molecular formula is C28H30Cl2FN5O4. The molecule has 0 bridgehead atoms. The molecule has 3 amide bonds. The number of amides is 3. The van der Waals surface area contributed by atoms with Gasteiger partial charge in [-0.3, -0.25) is 0 Å². The van der Waals surface area contributed by atoms with Gasteiger partial charge in [-0.15, -0.1) is 0 Å². The van der Waals surface area contributed by atoms with Crippen molar-refractivity contribution in [1.29, 1.82) is 0 Å². The average Bonchev–Trinajstić information content (AvgIpc) is 3.35. The van der Waals surface area contributed by atoms with Gasteiger partial charge >= 0.3 is 12.1 Å².